The molecule has 0 aliphatic heterocycles. The highest BCUT2D eigenvalue weighted by Gasteiger charge is 2.17. The van der Waals surface area contributed by atoms with Crippen LogP contribution in [0.3, 0.4) is 0 Å². The Morgan fingerprint density at radius 1 is 1.24 bits per heavy atom. The van der Waals surface area contributed by atoms with Crippen molar-refractivity contribution in [1.29, 1.82) is 0 Å². The fourth-order valence-electron chi connectivity index (χ4n) is 2.28. The third-order valence-corrected chi connectivity index (χ3v) is 4.15. The molecule has 0 radical (unpaired) electrons. The van der Waals surface area contributed by atoms with E-state index in [2.05, 4.69) is 26.1 Å². The number of rotatable bonds is 9. The number of alkyl carbamates (subject to hydrolysis) is 1. The zero-order valence-electron chi connectivity index (χ0n) is 17.6. The van der Waals surface area contributed by atoms with E-state index in [0.717, 1.165) is 11.3 Å². The van der Waals surface area contributed by atoms with Crippen molar-refractivity contribution < 1.29 is 22.7 Å². The minimum Gasteiger partial charge on any atom is -0.479 e. The van der Waals surface area contributed by atoms with Gasteiger partial charge in [-0.1, -0.05) is 12.1 Å². The topological polar surface area (TPSA) is 118 Å². The summed E-state index contributed by atoms with van der Waals surface area (Å²) in [5.41, 5.74) is 1.25. The van der Waals surface area contributed by atoms with Crippen molar-refractivity contribution in [3.63, 3.8) is 0 Å². The van der Waals surface area contributed by atoms with Gasteiger partial charge in [0.1, 0.15) is 5.60 Å². The lowest BCUT2D eigenvalue weighted by atomic mass is 10.1. The van der Waals surface area contributed by atoms with Crippen LogP contribution in [-0.4, -0.2) is 51.9 Å². The van der Waals surface area contributed by atoms with Crippen molar-refractivity contribution in [1.82, 2.24) is 5.32 Å². The first kappa shape index (κ1) is 24.4. The normalized spacial score (nSPS) is 13.3. The molecule has 0 spiro atoms. The van der Waals surface area contributed by atoms with Crippen molar-refractivity contribution >= 4 is 34.6 Å². The fourth-order valence-corrected chi connectivity index (χ4v) is 2.72. The van der Waals surface area contributed by atoms with Gasteiger partial charge in [0.25, 0.3) is 0 Å². The Hall–Kier alpha value is -2.62. The summed E-state index contributed by atoms with van der Waals surface area (Å²) in [6, 6.07) is 7.42. The number of nitrogens with zero attached hydrogens (tertiary/aromatic N) is 2. The van der Waals surface area contributed by atoms with Gasteiger partial charge in [0.15, 0.2) is 0 Å². The van der Waals surface area contributed by atoms with Crippen molar-refractivity contribution in [2.75, 3.05) is 18.5 Å². The lowest BCUT2D eigenvalue weighted by Gasteiger charge is -2.22. The number of carbonyl (C=O) groups is 1. The predicted molar refractivity (Wildman–Crippen MR) is 115 cm³/mol. The zero-order chi connectivity index (χ0) is 22.1. The fraction of sp³-hybridized carbons (Fsp3) is 0.526. The van der Waals surface area contributed by atoms with E-state index in [1.807, 2.05) is 52.0 Å². The van der Waals surface area contributed by atoms with Crippen LogP contribution < -0.4 is 10.6 Å². The summed E-state index contributed by atoms with van der Waals surface area (Å²) in [4.78, 5) is 11.8. The monoisotopic (exact) mass is 426 g/mol. The second-order valence-corrected chi connectivity index (χ2v) is 8.63. The lowest BCUT2D eigenvalue weighted by Crippen LogP contribution is -2.38. The summed E-state index contributed by atoms with van der Waals surface area (Å²) in [6.07, 6.45) is 0.184. The number of anilines is 1. The molecule has 1 amide bonds. The molecule has 1 aromatic rings. The quantitative estimate of drug-likeness (QED) is 0.463. The van der Waals surface area contributed by atoms with Gasteiger partial charge in [-0.05, 0) is 58.7 Å². The maximum absolute atomic E-state index is 11.8. The van der Waals surface area contributed by atoms with Gasteiger partial charge in [0.2, 0.25) is 5.90 Å². The maximum atomic E-state index is 11.8. The first-order valence-corrected chi connectivity index (χ1v) is 10.6. The molecular formula is C19H30N4O5S. The Kier molecular flexibility index (Phi) is 9.09. The van der Waals surface area contributed by atoms with Gasteiger partial charge in [-0.25, -0.2) is 4.79 Å². The van der Waals surface area contributed by atoms with Crippen LogP contribution in [-0.2, 0) is 26.1 Å². The molecule has 1 unspecified atom stereocenters. The van der Waals surface area contributed by atoms with Crippen molar-refractivity contribution in [3.8, 4) is 0 Å². The predicted octanol–water partition coefficient (Wildman–Crippen LogP) is 2.93. The first-order chi connectivity index (χ1) is 13.4. The molecule has 1 atom stereocenters. The van der Waals surface area contributed by atoms with E-state index in [1.54, 1.807) is 6.92 Å². The number of nitrogens with one attached hydrogen (secondary N) is 2. The van der Waals surface area contributed by atoms with Crippen LogP contribution in [0, 0.1) is 0 Å². The molecule has 9 nitrogen and oxygen atoms in total. The second-order valence-electron chi connectivity index (χ2n) is 7.30. The number of amides is 1. The Balaban J connectivity index is 2.62. The largest absolute Gasteiger partial charge is 0.479 e. The van der Waals surface area contributed by atoms with E-state index in [0.29, 0.717) is 6.42 Å². The molecule has 0 saturated carbocycles. The number of carbonyl (C=O) groups excluding carboxylic acids is 1. The highest BCUT2D eigenvalue weighted by Crippen LogP contribution is 2.12. The van der Waals surface area contributed by atoms with Gasteiger partial charge >= 0.3 is 16.3 Å². The molecule has 29 heavy (non-hydrogen) atoms. The van der Waals surface area contributed by atoms with Crippen LogP contribution in [0.2, 0.25) is 0 Å². The standard InChI is InChI=1S/C19H30N4O5S/c1-7-27-17(23-29(25,26)20-6)13-21-16-10-8-15(9-11-16)12-14(2)22-18(24)28-19(3,4)5/h8-11,14,21H,6-7,12-13H2,1-5H3,(H,22,24)/b23-17+. The molecule has 0 saturated heterocycles. The van der Waals surface area contributed by atoms with Gasteiger partial charge in [-0.15, -0.1) is 4.40 Å². The summed E-state index contributed by atoms with van der Waals surface area (Å²) >= 11 is 0. The average Bonchev–Trinajstić information content (AvgIpc) is 2.59. The molecule has 162 valence electrons. The van der Waals surface area contributed by atoms with Crippen LogP contribution in [0.25, 0.3) is 0 Å². The van der Waals surface area contributed by atoms with Gasteiger partial charge in [-0.3, -0.25) is 0 Å². The van der Waals surface area contributed by atoms with Crippen LogP contribution in [0.4, 0.5) is 10.5 Å². The Morgan fingerprint density at radius 2 is 1.86 bits per heavy atom. The van der Waals surface area contributed by atoms with Crippen LogP contribution >= 0.6 is 0 Å². The van der Waals surface area contributed by atoms with Gasteiger partial charge in [-0.2, -0.15) is 12.8 Å². The molecule has 1 rings (SSSR count). The van der Waals surface area contributed by atoms with E-state index < -0.39 is 21.9 Å². The summed E-state index contributed by atoms with van der Waals surface area (Å²) in [7, 11) is -3.99. The van der Waals surface area contributed by atoms with E-state index in [9.17, 15) is 13.2 Å². The minimum atomic E-state index is -3.99. The molecule has 1 aromatic carbocycles. The van der Waals surface area contributed by atoms with E-state index in [4.69, 9.17) is 9.47 Å². The number of hydrogen-bond acceptors (Lipinski definition) is 6. The SMILES string of the molecule is C=NS(=O)(=O)/N=C(\CNc1ccc(CC(C)NC(=O)OC(C)(C)C)cc1)OCC. The van der Waals surface area contributed by atoms with Gasteiger partial charge in [0.05, 0.1) is 13.2 Å². The zero-order valence-corrected chi connectivity index (χ0v) is 18.4. The molecular weight excluding hydrogens is 396 g/mol. The van der Waals surface area contributed by atoms with Crippen LogP contribution in [0.5, 0.6) is 0 Å². The molecule has 0 aliphatic carbocycles. The van der Waals surface area contributed by atoms with Crippen molar-refractivity contribution in [3.05, 3.63) is 29.8 Å². The third kappa shape index (κ3) is 10.5. The highest BCUT2D eigenvalue weighted by molar-refractivity contribution is 7.89. The van der Waals surface area contributed by atoms with Gasteiger partial charge < -0.3 is 20.1 Å². The lowest BCUT2D eigenvalue weighted by molar-refractivity contribution is 0.0508. The number of ether oxygens (including phenoxy) is 2. The maximum Gasteiger partial charge on any atom is 0.407 e. The minimum absolute atomic E-state index is 0.000778. The second kappa shape index (κ2) is 10.8. The molecule has 0 bridgehead atoms. The molecule has 0 aliphatic rings. The molecule has 2 N–H and O–H groups in total. The average molecular weight is 427 g/mol. The van der Waals surface area contributed by atoms with Gasteiger partial charge in [0, 0.05) is 18.4 Å². The van der Waals surface area contributed by atoms with Crippen LogP contribution in [0.1, 0.15) is 40.2 Å². The van der Waals surface area contributed by atoms with Crippen molar-refractivity contribution in [2.45, 2.75) is 52.7 Å². The van der Waals surface area contributed by atoms with E-state index in [1.165, 1.54) is 0 Å². The molecule has 0 aromatic heterocycles. The third-order valence-electron chi connectivity index (χ3n) is 3.39. The smallest absolute Gasteiger partial charge is 0.407 e. The van der Waals surface area contributed by atoms with E-state index in [-0.39, 0.29) is 25.1 Å². The van der Waals surface area contributed by atoms with E-state index >= 15 is 0 Å². The Labute approximate surface area is 172 Å². The first-order valence-electron chi connectivity index (χ1n) is 9.21. The Morgan fingerprint density at radius 3 is 2.38 bits per heavy atom. The molecule has 10 heteroatoms. The highest BCUT2D eigenvalue weighted by atomic mass is 32.2. The molecule has 0 heterocycles. The molecule has 0 fully saturated rings. The summed E-state index contributed by atoms with van der Waals surface area (Å²) < 4.78 is 39.8. The summed E-state index contributed by atoms with van der Waals surface area (Å²) in [5.74, 6) is -0.000778. The Bertz CT molecular complexity index is 814. The number of benzene rings is 1. The van der Waals surface area contributed by atoms with Crippen molar-refractivity contribution in [2.24, 2.45) is 8.80 Å². The number of hydrogen-bond donors (Lipinski definition) is 2. The summed E-state index contributed by atoms with van der Waals surface area (Å²) in [5, 5.41) is 5.84. The van der Waals surface area contributed by atoms with Crippen LogP contribution in [0.15, 0.2) is 33.1 Å². The summed E-state index contributed by atoms with van der Waals surface area (Å²) in [6.45, 7) is 12.4.